The van der Waals surface area contributed by atoms with Crippen LogP contribution in [0.15, 0.2) is 0 Å². The van der Waals surface area contributed by atoms with Gasteiger partial charge in [0, 0.05) is 6.26 Å². The minimum atomic E-state index is -3.92. The molecule has 0 amide bonds. The van der Waals surface area contributed by atoms with E-state index in [0.717, 1.165) is 4.48 Å². The van der Waals surface area contributed by atoms with Crippen LogP contribution in [-0.4, -0.2) is 51.4 Å². The lowest BCUT2D eigenvalue weighted by atomic mass is 10.6. The highest BCUT2D eigenvalue weighted by molar-refractivity contribution is 7.84. The summed E-state index contributed by atoms with van der Waals surface area (Å²) in [6, 6.07) is 0. The fourth-order valence-electron chi connectivity index (χ4n) is 0. The molecular weight excluding hydrogens is 166 g/mol. The third-order valence-electron chi connectivity index (χ3n) is 0.949. The number of hydrogen-bond acceptors (Lipinski definition) is 3. The molecule has 0 fully saturated rings. The van der Waals surface area contributed by atoms with Gasteiger partial charge in [0.15, 0.2) is 0 Å². The molecule has 0 spiro atoms. The Morgan fingerprint density at radius 2 is 1.36 bits per heavy atom. The first-order chi connectivity index (χ1) is 4.56. The van der Waals surface area contributed by atoms with Crippen LogP contribution in [0.4, 0.5) is 0 Å². The van der Waals surface area contributed by atoms with Gasteiger partial charge in [0.1, 0.15) is 0 Å². The lowest BCUT2D eigenvalue weighted by Gasteiger charge is -2.20. The van der Waals surface area contributed by atoms with Gasteiger partial charge in [-0.05, 0) is 6.92 Å². The van der Waals surface area contributed by atoms with E-state index in [1.165, 1.54) is 6.54 Å². The zero-order valence-electron chi connectivity index (χ0n) is 7.79. The SMILES string of the molecule is CC[N+](C)(C)C.CS(=O)(=O)[O-]. The maximum atomic E-state index is 9.08. The van der Waals surface area contributed by atoms with Crippen molar-refractivity contribution < 1.29 is 17.5 Å². The molecule has 0 saturated heterocycles. The molecule has 0 atom stereocenters. The van der Waals surface area contributed by atoms with Gasteiger partial charge in [-0.15, -0.1) is 0 Å². The summed E-state index contributed by atoms with van der Waals surface area (Å²) in [5.41, 5.74) is 0. The molecule has 0 bridgehead atoms. The quantitative estimate of drug-likeness (QED) is 0.420. The minimum absolute atomic E-state index is 0.604. The normalized spacial score (nSPS) is 11.8. The molecule has 0 heterocycles. The van der Waals surface area contributed by atoms with Crippen molar-refractivity contribution >= 4 is 10.1 Å². The highest BCUT2D eigenvalue weighted by Gasteiger charge is 1.97. The Morgan fingerprint density at radius 1 is 1.27 bits per heavy atom. The van der Waals surface area contributed by atoms with E-state index in [2.05, 4.69) is 28.1 Å². The molecule has 0 unspecified atom stereocenters. The third kappa shape index (κ3) is 74.2. The average molecular weight is 183 g/mol. The summed E-state index contributed by atoms with van der Waals surface area (Å²) in [5, 5.41) is 0. The minimum Gasteiger partial charge on any atom is -0.748 e. The van der Waals surface area contributed by atoms with Gasteiger partial charge in [-0.25, -0.2) is 8.42 Å². The maximum absolute atomic E-state index is 9.08. The Balaban J connectivity index is 0. The third-order valence-corrected chi connectivity index (χ3v) is 0.949. The van der Waals surface area contributed by atoms with Crippen molar-refractivity contribution in [3.63, 3.8) is 0 Å². The van der Waals surface area contributed by atoms with Crippen LogP contribution in [0, 0.1) is 0 Å². The van der Waals surface area contributed by atoms with Crippen LogP contribution in [0.2, 0.25) is 0 Å². The zero-order valence-corrected chi connectivity index (χ0v) is 8.60. The first-order valence-electron chi connectivity index (χ1n) is 3.27. The molecular formula is C6H17NO3S. The van der Waals surface area contributed by atoms with E-state index < -0.39 is 10.1 Å². The summed E-state index contributed by atoms with van der Waals surface area (Å²) in [6.07, 6.45) is 0.604. The van der Waals surface area contributed by atoms with Crippen LogP contribution in [0.3, 0.4) is 0 Å². The molecule has 0 aromatic heterocycles. The average Bonchev–Trinajstić information content (AvgIpc) is 1.59. The van der Waals surface area contributed by atoms with Crippen molar-refractivity contribution in [3.8, 4) is 0 Å². The largest absolute Gasteiger partial charge is 0.748 e. The molecule has 0 aromatic carbocycles. The molecule has 0 radical (unpaired) electrons. The van der Waals surface area contributed by atoms with Crippen molar-refractivity contribution in [2.24, 2.45) is 0 Å². The summed E-state index contributed by atoms with van der Waals surface area (Å²) in [5.74, 6) is 0. The molecule has 0 N–H and O–H groups in total. The maximum Gasteiger partial charge on any atom is 0.0916 e. The zero-order chi connectivity index (χ0) is 9.71. The highest BCUT2D eigenvalue weighted by Crippen LogP contribution is 1.83. The van der Waals surface area contributed by atoms with Crippen LogP contribution in [0.5, 0.6) is 0 Å². The predicted molar refractivity (Wildman–Crippen MR) is 44.2 cm³/mol. The monoisotopic (exact) mass is 183 g/mol. The molecule has 0 aliphatic heterocycles. The second-order valence-corrected chi connectivity index (χ2v) is 4.72. The van der Waals surface area contributed by atoms with Crippen LogP contribution < -0.4 is 0 Å². The van der Waals surface area contributed by atoms with Crippen LogP contribution >= 0.6 is 0 Å². The van der Waals surface area contributed by atoms with E-state index in [9.17, 15) is 0 Å². The van der Waals surface area contributed by atoms with E-state index in [0.29, 0.717) is 6.26 Å². The Hall–Kier alpha value is -0.130. The van der Waals surface area contributed by atoms with Gasteiger partial charge in [-0.1, -0.05) is 0 Å². The summed E-state index contributed by atoms with van der Waals surface area (Å²) in [7, 11) is 2.62. The number of nitrogens with zero attached hydrogens (tertiary/aromatic N) is 1. The number of rotatable bonds is 1. The van der Waals surface area contributed by atoms with Crippen LogP contribution in [0.25, 0.3) is 0 Å². The Kier molecular flexibility index (Phi) is 5.74. The summed E-state index contributed by atoms with van der Waals surface area (Å²) < 4.78 is 28.3. The smallest absolute Gasteiger partial charge is 0.0916 e. The van der Waals surface area contributed by atoms with Gasteiger partial charge < -0.3 is 9.04 Å². The van der Waals surface area contributed by atoms with Gasteiger partial charge >= 0.3 is 0 Å². The first-order valence-corrected chi connectivity index (χ1v) is 5.09. The lowest BCUT2D eigenvalue weighted by Crippen LogP contribution is -2.33. The van der Waals surface area contributed by atoms with Gasteiger partial charge in [-0.2, -0.15) is 0 Å². The Labute approximate surface area is 69.2 Å². The Morgan fingerprint density at radius 3 is 1.36 bits per heavy atom. The van der Waals surface area contributed by atoms with Gasteiger partial charge in [-0.3, -0.25) is 0 Å². The first kappa shape index (κ1) is 13.5. The molecule has 0 aromatic rings. The standard InChI is InChI=1S/C5H14N.CH4O3S/c1-5-6(2,3)4;1-5(2,3)4/h5H2,1-4H3;1H3,(H,2,3,4)/q+1;/p-1. The summed E-state index contributed by atoms with van der Waals surface area (Å²) in [4.78, 5) is 0. The molecule has 0 aliphatic rings. The second-order valence-electron chi connectivity index (χ2n) is 3.31. The van der Waals surface area contributed by atoms with E-state index in [1.807, 2.05) is 0 Å². The van der Waals surface area contributed by atoms with Crippen molar-refractivity contribution in [3.05, 3.63) is 0 Å². The highest BCUT2D eigenvalue weighted by atomic mass is 32.2. The molecule has 70 valence electrons. The van der Waals surface area contributed by atoms with E-state index in [1.54, 1.807) is 0 Å². The second kappa shape index (κ2) is 4.69. The fourth-order valence-corrected chi connectivity index (χ4v) is 0. The van der Waals surface area contributed by atoms with E-state index in [-0.39, 0.29) is 0 Å². The van der Waals surface area contributed by atoms with Gasteiger partial charge in [0.2, 0.25) is 0 Å². The van der Waals surface area contributed by atoms with Crippen molar-refractivity contribution in [2.75, 3.05) is 33.9 Å². The van der Waals surface area contributed by atoms with Gasteiger partial charge in [0.25, 0.3) is 0 Å². The van der Waals surface area contributed by atoms with Crippen molar-refractivity contribution in [1.29, 1.82) is 0 Å². The lowest BCUT2D eigenvalue weighted by molar-refractivity contribution is -0.868. The van der Waals surface area contributed by atoms with E-state index >= 15 is 0 Å². The molecule has 5 heteroatoms. The molecule has 0 aliphatic carbocycles. The number of quaternary nitrogens is 1. The molecule has 11 heavy (non-hydrogen) atoms. The number of hydrogen-bond donors (Lipinski definition) is 0. The molecule has 0 rings (SSSR count). The van der Waals surface area contributed by atoms with Gasteiger partial charge in [0.05, 0.1) is 37.8 Å². The topological polar surface area (TPSA) is 57.2 Å². The molecule has 0 saturated carbocycles. The summed E-state index contributed by atoms with van der Waals surface area (Å²) in [6.45, 7) is 3.39. The molecule has 4 nitrogen and oxygen atoms in total. The van der Waals surface area contributed by atoms with Crippen molar-refractivity contribution in [1.82, 2.24) is 0 Å². The predicted octanol–water partition coefficient (Wildman–Crippen LogP) is -0.126. The fraction of sp³-hybridized carbons (Fsp3) is 1.00. The summed E-state index contributed by atoms with van der Waals surface area (Å²) >= 11 is 0. The van der Waals surface area contributed by atoms with Crippen molar-refractivity contribution in [2.45, 2.75) is 6.92 Å². The van der Waals surface area contributed by atoms with Crippen LogP contribution in [0.1, 0.15) is 6.92 Å². The van der Waals surface area contributed by atoms with E-state index in [4.69, 9.17) is 13.0 Å². The van der Waals surface area contributed by atoms with Crippen LogP contribution in [-0.2, 0) is 10.1 Å². The Bertz CT molecular complexity index is 170.